The topological polar surface area (TPSA) is 40.5 Å². The molecule has 1 aliphatic rings. The van der Waals surface area contributed by atoms with Crippen molar-refractivity contribution >= 4 is 17.5 Å². The molecular weight excluding hydrogens is 286 g/mol. The third kappa shape index (κ3) is 2.61. The lowest BCUT2D eigenvalue weighted by Gasteiger charge is -2.29. The zero-order valence-electron chi connectivity index (χ0n) is 11.8. The van der Waals surface area contributed by atoms with Crippen LogP contribution in [-0.2, 0) is 13.0 Å². The van der Waals surface area contributed by atoms with Gasteiger partial charge in [-0.25, -0.2) is 0 Å². The summed E-state index contributed by atoms with van der Waals surface area (Å²) in [7, 11) is 0. The summed E-state index contributed by atoms with van der Waals surface area (Å²) in [5, 5.41) is 10.2. The van der Waals surface area contributed by atoms with E-state index >= 15 is 0 Å². The van der Waals surface area contributed by atoms with E-state index in [-0.39, 0.29) is 11.7 Å². The van der Waals surface area contributed by atoms with Gasteiger partial charge in [0.1, 0.15) is 5.75 Å². The molecular formula is C17H16ClNO2. The molecule has 0 saturated heterocycles. The van der Waals surface area contributed by atoms with Crippen LogP contribution in [0.4, 0.5) is 0 Å². The molecule has 0 spiro atoms. The maximum atomic E-state index is 12.7. The summed E-state index contributed by atoms with van der Waals surface area (Å²) in [6.07, 6.45) is 0.807. The van der Waals surface area contributed by atoms with Crippen LogP contribution < -0.4 is 0 Å². The van der Waals surface area contributed by atoms with Crippen molar-refractivity contribution in [1.29, 1.82) is 0 Å². The van der Waals surface area contributed by atoms with E-state index in [1.165, 1.54) is 5.56 Å². The Morgan fingerprint density at radius 1 is 1.24 bits per heavy atom. The van der Waals surface area contributed by atoms with Gasteiger partial charge in [-0.05, 0) is 54.3 Å². The highest BCUT2D eigenvalue weighted by Gasteiger charge is 2.23. The molecule has 4 heteroatoms. The van der Waals surface area contributed by atoms with Crippen molar-refractivity contribution in [1.82, 2.24) is 4.90 Å². The Morgan fingerprint density at radius 3 is 2.86 bits per heavy atom. The van der Waals surface area contributed by atoms with Crippen LogP contribution in [0.1, 0.15) is 27.0 Å². The van der Waals surface area contributed by atoms with Crippen LogP contribution >= 0.6 is 11.6 Å². The van der Waals surface area contributed by atoms with E-state index < -0.39 is 0 Å². The second-order valence-electron chi connectivity index (χ2n) is 5.34. The molecule has 0 radical (unpaired) electrons. The van der Waals surface area contributed by atoms with Crippen molar-refractivity contribution in [2.75, 3.05) is 6.54 Å². The molecule has 0 unspecified atom stereocenters. The average molecular weight is 302 g/mol. The van der Waals surface area contributed by atoms with Crippen LogP contribution in [0.2, 0.25) is 5.02 Å². The van der Waals surface area contributed by atoms with E-state index in [9.17, 15) is 9.90 Å². The van der Waals surface area contributed by atoms with E-state index in [4.69, 9.17) is 11.6 Å². The van der Waals surface area contributed by atoms with Gasteiger partial charge >= 0.3 is 0 Å². The maximum Gasteiger partial charge on any atom is 0.254 e. The first-order valence-electron chi connectivity index (χ1n) is 6.91. The number of phenols is 1. The minimum atomic E-state index is -0.0102. The van der Waals surface area contributed by atoms with Crippen LogP contribution in [0.25, 0.3) is 0 Å². The molecule has 2 aromatic carbocycles. The summed E-state index contributed by atoms with van der Waals surface area (Å²) < 4.78 is 0. The average Bonchev–Trinajstić information content (AvgIpc) is 2.48. The molecule has 3 nitrogen and oxygen atoms in total. The zero-order valence-corrected chi connectivity index (χ0v) is 12.5. The van der Waals surface area contributed by atoms with Gasteiger partial charge in [0.2, 0.25) is 0 Å². The number of amides is 1. The second-order valence-corrected chi connectivity index (χ2v) is 5.75. The van der Waals surface area contributed by atoms with E-state index in [2.05, 4.69) is 0 Å². The highest BCUT2D eigenvalue weighted by Crippen LogP contribution is 2.26. The van der Waals surface area contributed by atoms with Crippen LogP contribution in [0.3, 0.4) is 0 Å². The maximum absolute atomic E-state index is 12.7. The number of aromatic hydroxyl groups is 1. The number of fused-ring (bicyclic) bond motifs is 1. The largest absolute Gasteiger partial charge is 0.508 e. The Bertz CT molecular complexity index is 712. The molecule has 0 saturated carbocycles. The highest BCUT2D eigenvalue weighted by molar-refractivity contribution is 6.31. The number of hydrogen-bond donors (Lipinski definition) is 1. The van der Waals surface area contributed by atoms with Crippen molar-refractivity contribution < 1.29 is 9.90 Å². The predicted molar refractivity (Wildman–Crippen MR) is 82.7 cm³/mol. The van der Waals surface area contributed by atoms with Gasteiger partial charge in [0.25, 0.3) is 5.91 Å². The monoisotopic (exact) mass is 301 g/mol. The van der Waals surface area contributed by atoms with Crippen molar-refractivity contribution in [3.05, 3.63) is 63.7 Å². The molecule has 0 bridgehead atoms. The van der Waals surface area contributed by atoms with Crippen molar-refractivity contribution in [2.45, 2.75) is 19.9 Å². The quantitative estimate of drug-likeness (QED) is 0.875. The van der Waals surface area contributed by atoms with Gasteiger partial charge in [0.15, 0.2) is 0 Å². The van der Waals surface area contributed by atoms with Crippen LogP contribution in [0, 0.1) is 6.92 Å². The molecule has 0 aliphatic carbocycles. The van der Waals surface area contributed by atoms with E-state index in [0.29, 0.717) is 23.7 Å². The second kappa shape index (κ2) is 5.41. The SMILES string of the molecule is Cc1c(Cl)cccc1C(=O)N1CCc2ccc(O)cc2C1. The summed E-state index contributed by atoms with van der Waals surface area (Å²) in [4.78, 5) is 14.5. The van der Waals surface area contributed by atoms with Gasteiger partial charge in [-0.15, -0.1) is 0 Å². The first kappa shape index (κ1) is 14.0. The summed E-state index contributed by atoms with van der Waals surface area (Å²) in [5.74, 6) is 0.228. The molecule has 1 amide bonds. The minimum Gasteiger partial charge on any atom is -0.508 e. The molecule has 0 fully saturated rings. The number of halogens is 1. The van der Waals surface area contributed by atoms with Crippen LogP contribution in [0.5, 0.6) is 5.75 Å². The number of nitrogens with zero attached hydrogens (tertiary/aromatic N) is 1. The fraction of sp³-hybridized carbons (Fsp3) is 0.235. The van der Waals surface area contributed by atoms with Crippen LogP contribution in [-0.4, -0.2) is 22.5 Å². The summed E-state index contributed by atoms with van der Waals surface area (Å²) in [6, 6.07) is 10.7. The van der Waals surface area contributed by atoms with Gasteiger partial charge < -0.3 is 10.0 Å². The third-order valence-electron chi connectivity index (χ3n) is 3.99. The summed E-state index contributed by atoms with van der Waals surface area (Å²) >= 11 is 6.09. The third-order valence-corrected chi connectivity index (χ3v) is 4.40. The Balaban J connectivity index is 1.89. The molecule has 21 heavy (non-hydrogen) atoms. The van der Waals surface area contributed by atoms with E-state index in [0.717, 1.165) is 17.5 Å². The lowest BCUT2D eigenvalue weighted by Crippen LogP contribution is -2.36. The molecule has 1 heterocycles. The molecule has 1 N–H and O–H groups in total. The Hall–Kier alpha value is -2.00. The summed E-state index contributed by atoms with van der Waals surface area (Å²) in [6.45, 7) is 3.07. The summed E-state index contributed by atoms with van der Waals surface area (Å²) in [5.41, 5.74) is 3.66. The van der Waals surface area contributed by atoms with Crippen molar-refractivity contribution in [3.63, 3.8) is 0 Å². The van der Waals surface area contributed by atoms with Gasteiger partial charge in [0.05, 0.1) is 0 Å². The molecule has 2 aromatic rings. The van der Waals surface area contributed by atoms with Crippen LogP contribution in [0.15, 0.2) is 36.4 Å². The number of carbonyl (C=O) groups excluding carboxylic acids is 1. The van der Waals surface area contributed by atoms with Gasteiger partial charge in [0, 0.05) is 23.7 Å². The number of carbonyl (C=O) groups is 1. The van der Waals surface area contributed by atoms with Gasteiger partial charge in [-0.2, -0.15) is 0 Å². The van der Waals surface area contributed by atoms with E-state index in [1.54, 1.807) is 29.2 Å². The molecule has 0 atom stereocenters. The number of phenolic OH excluding ortho intramolecular Hbond substituents is 1. The lowest BCUT2D eigenvalue weighted by molar-refractivity contribution is 0.0733. The highest BCUT2D eigenvalue weighted by atomic mass is 35.5. The molecule has 108 valence electrons. The smallest absolute Gasteiger partial charge is 0.254 e. The Labute approximate surface area is 128 Å². The zero-order chi connectivity index (χ0) is 15.0. The first-order valence-corrected chi connectivity index (χ1v) is 7.29. The van der Waals surface area contributed by atoms with Crippen molar-refractivity contribution in [3.8, 4) is 5.75 Å². The minimum absolute atomic E-state index is 0.0102. The Morgan fingerprint density at radius 2 is 2.05 bits per heavy atom. The molecule has 0 aromatic heterocycles. The molecule has 3 rings (SSSR count). The van der Waals surface area contributed by atoms with Crippen molar-refractivity contribution in [2.24, 2.45) is 0 Å². The fourth-order valence-corrected chi connectivity index (χ4v) is 2.90. The predicted octanol–water partition coefficient (Wildman–Crippen LogP) is 3.55. The molecule has 1 aliphatic heterocycles. The first-order chi connectivity index (χ1) is 10.1. The fourth-order valence-electron chi connectivity index (χ4n) is 2.73. The Kier molecular flexibility index (Phi) is 3.60. The number of rotatable bonds is 1. The number of hydrogen-bond acceptors (Lipinski definition) is 2. The van der Waals surface area contributed by atoms with Gasteiger partial charge in [-0.3, -0.25) is 4.79 Å². The lowest BCUT2D eigenvalue weighted by atomic mass is 9.98. The van der Waals surface area contributed by atoms with Gasteiger partial charge in [-0.1, -0.05) is 23.7 Å². The van der Waals surface area contributed by atoms with E-state index in [1.807, 2.05) is 19.1 Å². The standard InChI is InChI=1S/C17H16ClNO2/c1-11-15(3-2-4-16(11)18)17(21)19-8-7-12-5-6-14(20)9-13(12)10-19/h2-6,9,20H,7-8,10H2,1H3. The number of benzene rings is 2. The normalized spacial score (nSPS) is 13.9.